The predicted octanol–water partition coefficient (Wildman–Crippen LogP) is 3.39. The Morgan fingerprint density at radius 1 is 1.28 bits per heavy atom. The summed E-state index contributed by atoms with van der Waals surface area (Å²) >= 11 is 5.09. The summed E-state index contributed by atoms with van der Waals surface area (Å²) in [7, 11) is 2.11. The maximum absolute atomic E-state index is 5.75. The van der Waals surface area contributed by atoms with Crippen LogP contribution in [0.1, 0.15) is 32.8 Å². The van der Waals surface area contributed by atoms with Crippen LogP contribution in [0.4, 0.5) is 5.69 Å². The zero-order valence-corrected chi connectivity index (χ0v) is 12.7. The molecule has 0 saturated heterocycles. The third-order valence-corrected chi connectivity index (χ3v) is 4.08. The Morgan fingerprint density at radius 3 is 2.28 bits per heavy atom. The van der Waals surface area contributed by atoms with Gasteiger partial charge in [-0.2, -0.15) is 0 Å². The molecule has 1 rings (SSSR count). The molecule has 2 nitrogen and oxygen atoms in total. The average Bonchev–Trinajstić information content (AvgIpc) is 2.36. The van der Waals surface area contributed by atoms with Gasteiger partial charge in [0.25, 0.3) is 0 Å². The van der Waals surface area contributed by atoms with E-state index in [0.717, 1.165) is 19.4 Å². The van der Waals surface area contributed by atoms with Crippen molar-refractivity contribution in [1.82, 2.24) is 0 Å². The summed E-state index contributed by atoms with van der Waals surface area (Å²) in [4.78, 5) is 2.84. The molecule has 0 radical (unpaired) electrons. The first-order chi connectivity index (χ1) is 8.36. The number of nitrogens with zero attached hydrogens (tertiary/aromatic N) is 1. The summed E-state index contributed by atoms with van der Waals surface area (Å²) in [5.74, 6) is 0. The second kappa shape index (κ2) is 6.19. The second-order valence-corrected chi connectivity index (χ2v) is 5.88. The van der Waals surface area contributed by atoms with E-state index in [-0.39, 0.29) is 5.41 Å². The number of rotatable bonds is 6. The second-order valence-electron chi connectivity index (χ2n) is 5.44. The number of aryl methyl sites for hydroxylation is 1. The SMILES string of the molecule is CCc1ccc(N(C)CCC(C)(C)C(N)=S)cc1. The number of hydrogen-bond donors (Lipinski definition) is 1. The summed E-state index contributed by atoms with van der Waals surface area (Å²) in [6, 6.07) is 8.72. The van der Waals surface area contributed by atoms with E-state index in [0.29, 0.717) is 4.99 Å². The molecular formula is C15H24N2S. The molecule has 0 aliphatic carbocycles. The lowest BCUT2D eigenvalue weighted by Gasteiger charge is -2.27. The molecule has 0 aromatic heterocycles. The van der Waals surface area contributed by atoms with Crippen molar-refractivity contribution < 1.29 is 0 Å². The molecule has 0 spiro atoms. The Labute approximate surface area is 116 Å². The third-order valence-electron chi connectivity index (χ3n) is 3.52. The van der Waals surface area contributed by atoms with Crippen LogP contribution in [0.25, 0.3) is 0 Å². The molecule has 0 fully saturated rings. The van der Waals surface area contributed by atoms with E-state index < -0.39 is 0 Å². The first kappa shape index (κ1) is 15.0. The van der Waals surface area contributed by atoms with Gasteiger partial charge >= 0.3 is 0 Å². The molecule has 0 aliphatic heterocycles. The highest BCUT2D eigenvalue weighted by Crippen LogP contribution is 2.22. The molecule has 18 heavy (non-hydrogen) atoms. The molecule has 0 atom stereocenters. The first-order valence-electron chi connectivity index (χ1n) is 6.47. The number of hydrogen-bond acceptors (Lipinski definition) is 2. The molecule has 3 heteroatoms. The molecule has 0 heterocycles. The minimum atomic E-state index is -0.0764. The summed E-state index contributed by atoms with van der Waals surface area (Å²) in [5.41, 5.74) is 8.28. The summed E-state index contributed by atoms with van der Waals surface area (Å²) in [5, 5.41) is 0. The Hall–Kier alpha value is -1.09. The van der Waals surface area contributed by atoms with Crippen LogP contribution in [-0.2, 0) is 6.42 Å². The average molecular weight is 264 g/mol. The highest BCUT2D eigenvalue weighted by molar-refractivity contribution is 7.80. The number of thiocarbonyl (C=S) groups is 1. The molecule has 0 saturated carbocycles. The van der Waals surface area contributed by atoms with Crippen molar-refractivity contribution >= 4 is 22.9 Å². The van der Waals surface area contributed by atoms with Gasteiger partial charge in [-0.05, 0) is 30.5 Å². The maximum Gasteiger partial charge on any atom is 0.0785 e. The monoisotopic (exact) mass is 264 g/mol. The number of anilines is 1. The Morgan fingerprint density at radius 2 is 1.83 bits per heavy atom. The van der Waals surface area contributed by atoms with Crippen LogP contribution in [0, 0.1) is 5.41 Å². The minimum Gasteiger partial charge on any atom is -0.393 e. The van der Waals surface area contributed by atoms with Crippen LogP contribution in [0.15, 0.2) is 24.3 Å². The largest absolute Gasteiger partial charge is 0.393 e. The number of nitrogens with two attached hydrogens (primary N) is 1. The van der Waals surface area contributed by atoms with Crippen molar-refractivity contribution in [3.8, 4) is 0 Å². The molecule has 0 unspecified atom stereocenters. The lowest BCUT2D eigenvalue weighted by atomic mass is 9.89. The zero-order chi connectivity index (χ0) is 13.8. The molecule has 0 bridgehead atoms. The lowest BCUT2D eigenvalue weighted by molar-refractivity contribution is 0.481. The highest BCUT2D eigenvalue weighted by Gasteiger charge is 2.21. The van der Waals surface area contributed by atoms with Crippen LogP contribution in [0.2, 0.25) is 0 Å². The number of benzene rings is 1. The van der Waals surface area contributed by atoms with Crippen molar-refractivity contribution in [2.75, 3.05) is 18.5 Å². The van der Waals surface area contributed by atoms with Crippen molar-refractivity contribution in [3.63, 3.8) is 0 Å². The van der Waals surface area contributed by atoms with Crippen LogP contribution < -0.4 is 10.6 Å². The van der Waals surface area contributed by atoms with Gasteiger partial charge in [0.1, 0.15) is 0 Å². The van der Waals surface area contributed by atoms with Gasteiger partial charge < -0.3 is 10.6 Å². The zero-order valence-electron chi connectivity index (χ0n) is 11.9. The lowest BCUT2D eigenvalue weighted by Crippen LogP contribution is -2.33. The van der Waals surface area contributed by atoms with Crippen molar-refractivity contribution in [2.24, 2.45) is 11.1 Å². The van der Waals surface area contributed by atoms with Crippen LogP contribution in [0.5, 0.6) is 0 Å². The fourth-order valence-electron chi connectivity index (χ4n) is 1.69. The smallest absolute Gasteiger partial charge is 0.0785 e. The fourth-order valence-corrected chi connectivity index (χ4v) is 1.79. The Balaban J connectivity index is 2.59. The summed E-state index contributed by atoms with van der Waals surface area (Å²) < 4.78 is 0. The van der Waals surface area contributed by atoms with E-state index in [9.17, 15) is 0 Å². The molecule has 1 aromatic carbocycles. The van der Waals surface area contributed by atoms with Gasteiger partial charge in [0.05, 0.1) is 4.99 Å². The molecule has 2 N–H and O–H groups in total. The topological polar surface area (TPSA) is 29.3 Å². The summed E-state index contributed by atoms with van der Waals surface area (Å²) in [6.07, 6.45) is 2.05. The molecule has 0 amide bonds. The Bertz CT molecular complexity index is 395. The molecular weight excluding hydrogens is 240 g/mol. The van der Waals surface area contributed by atoms with E-state index in [4.69, 9.17) is 18.0 Å². The van der Waals surface area contributed by atoms with E-state index in [1.807, 2.05) is 0 Å². The van der Waals surface area contributed by atoms with Crippen LogP contribution in [-0.4, -0.2) is 18.6 Å². The van der Waals surface area contributed by atoms with Gasteiger partial charge in [0.15, 0.2) is 0 Å². The van der Waals surface area contributed by atoms with Gasteiger partial charge in [0.2, 0.25) is 0 Å². The normalized spacial score (nSPS) is 11.3. The van der Waals surface area contributed by atoms with Crippen molar-refractivity contribution in [3.05, 3.63) is 29.8 Å². The van der Waals surface area contributed by atoms with E-state index in [1.165, 1.54) is 11.3 Å². The van der Waals surface area contributed by atoms with Gasteiger partial charge in [0, 0.05) is 24.7 Å². The van der Waals surface area contributed by atoms with Crippen molar-refractivity contribution in [1.29, 1.82) is 0 Å². The highest BCUT2D eigenvalue weighted by atomic mass is 32.1. The first-order valence-corrected chi connectivity index (χ1v) is 6.87. The van der Waals surface area contributed by atoms with Gasteiger partial charge in [-0.25, -0.2) is 0 Å². The van der Waals surface area contributed by atoms with E-state index in [2.05, 4.69) is 57.0 Å². The standard InChI is InChI=1S/C15H24N2S/c1-5-12-6-8-13(9-7-12)17(4)11-10-15(2,3)14(16)18/h6-9H,5,10-11H2,1-4H3,(H2,16,18). The van der Waals surface area contributed by atoms with Gasteiger partial charge in [-0.3, -0.25) is 0 Å². The van der Waals surface area contributed by atoms with Crippen LogP contribution in [0.3, 0.4) is 0 Å². The molecule has 100 valence electrons. The van der Waals surface area contributed by atoms with Crippen molar-refractivity contribution in [2.45, 2.75) is 33.6 Å². The predicted molar refractivity (Wildman–Crippen MR) is 84.3 cm³/mol. The third kappa shape index (κ3) is 3.98. The van der Waals surface area contributed by atoms with E-state index >= 15 is 0 Å². The van der Waals surface area contributed by atoms with E-state index in [1.54, 1.807) is 0 Å². The fraction of sp³-hybridized carbons (Fsp3) is 0.533. The van der Waals surface area contributed by atoms with Gasteiger partial charge in [-0.1, -0.05) is 45.1 Å². The minimum absolute atomic E-state index is 0.0764. The van der Waals surface area contributed by atoms with Crippen LogP contribution >= 0.6 is 12.2 Å². The summed E-state index contributed by atoms with van der Waals surface area (Å²) in [6.45, 7) is 7.33. The quantitative estimate of drug-likeness (QED) is 0.799. The maximum atomic E-state index is 5.75. The molecule has 1 aromatic rings. The Kier molecular flexibility index (Phi) is 5.15. The van der Waals surface area contributed by atoms with Gasteiger partial charge in [-0.15, -0.1) is 0 Å². The molecule has 0 aliphatic rings.